The van der Waals surface area contributed by atoms with Gasteiger partial charge in [-0.25, -0.2) is 0 Å². The van der Waals surface area contributed by atoms with E-state index in [-0.39, 0.29) is 72.8 Å². The Hall–Kier alpha value is 2.13. The van der Waals surface area contributed by atoms with Gasteiger partial charge in [0.1, 0.15) is 0 Å². The molecular formula is C8H24N2Y2. The SMILES string of the molecule is CN(C)C.C[N+](C)(C)C.[CH3-].[Y].[Y]. The van der Waals surface area contributed by atoms with Gasteiger partial charge in [0.05, 0.1) is 28.2 Å². The quantitative estimate of drug-likeness (QED) is 0.473. The summed E-state index contributed by atoms with van der Waals surface area (Å²) < 4.78 is 1.00. The summed E-state index contributed by atoms with van der Waals surface area (Å²) in [6.45, 7) is 0. The molecule has 12 heavy (non-hydrogen) atoms. The van der Waals surface area contributed by atoms with Crippen molar-refractivity contribution in [3.8, 4) is 0 Å². The largest absolute Gasteiger partial charge is 0.358 e. The van der Waals surface area contributed by atoms with Crippen LogP contribution in [0.2, 0.25) is 0 Å². The van der Waals surface area contributed by atoms with Crippen LogP contribution >= 0.6 is 0 Å². The van der Waals surface area contributed by atoms with E-state index in [1.165, 1.54) is 0 Å². The van der Waals surface area contributed by atoms with E-state index < -0.39 is 0 Å². The molecule has 4 heteroatoms. The molecule has 0 atom stereocenters. The number of hydrogen-bond acceptors (Lipinski definition) is 1. The average molecular weight is 326 g/mol. The van der Waals surface area contributed by atoms with Crippen molar-refractivity contribution < 1.29 is 69.9 Å². The fourth-order valence-electron chi connectivity index (χ4n) is 0. The zero-order valence-electron chi connectivity index (χ0n) is 10.0. The molecule has 0 aromatic heterocycles. The molecule has 0 N–H and O–H groups in total. The van der Waals surface area contributed by atoms with Crippen LogP contribution in [-0.2, 0) is 65.4 Å². The van der Waals surface area contributed by atoms with Crippen molar-refractivity contribution in [3.05, 3.63) is 7.43 Å². The first-order valence-electron chi connectivity index (χ1n) is 3.13. The van der Waals surface area contributed by atoms with Gasteiger partial charge in [0.25, 0.3) is 0 Å². The summed E-state index contributed by atoms with van der Waals surface area (Å²) in [5.74, 6) is 0. The molecule has 0 aromatic rings. The summed E-state index contributed by atoms with van der Waals surface area (Å²) in [6.07, 6.45) is 0. The van der Waals surface area contributed by atoms with Crippen LogP contribution in [0.1, 0.15) is 0 Å². The van der Waals surface area contributed by atoms with E-state index in [4.69, 9.17) is 0 Å². The average Bonchev–Trinajstić information content (AvgIpc) is 1.19. The predicted molar refractivity (Wildman–Crippen MR) is 50.0 cm³/mol. The molecule has 0 aliphatic carbocycles. The van der Waals surface area contributed by atoms with E-state index in [1.54, 1.807) is 0 Å². The third-order valence-electron chi connectivity index (χ3n) is 0. The molecule has 0 bridgehead atoms. The van der Waals surface area contributed by atoms with E-state index in [1.807, 2.05) is 26.0 Å². The maximum Gasteiger partial charge on any atom is 0.0675 e. The summed E-state index contributed by atoms with van der Waals surface area (Å²) in [6, 6.07) is 0. The molecule has 2 radical (unpaired) electrons. The Bertz CT molecular complexity index is 51.8. The van der Waals surface area contributed by atoms with Crippen LogP contribution in [0, 0.1) is 7.43 Å². The Balaban J connectivity index is -0.0000000221. The van der Waals surface area contributed by atoms with Crippen LogP contribution in [0.25, 0.3) is 0 Å². The van der Waals surface area contributed by atoms with Crippen molar-refractivity contribution >= 4 is 0 Å². The molecule has 0 spiro atoms. The summed E-state index contributed by atoms with van der Waals surface area (Å²) >= 11 is 0. The Morgan fingerprint density at radius 2 is 0.750 bits per heavy atom. The summed E-state index contributed by atoms with van der Waals surface area (Å²) in [4.78, 5) is 2.00. The summed E-state index contributed by atoms with van der Waals surface area (Å²) in [5, 5.41) is 0. The van der Waals surface area contributed by atoms with Crippen molar-refractivity contribution in [3.63, 3.8) is 0 Å². The number of rotatable bonds is 0. The molecule has 72 valence electrons. The topological polar surface area (TPSA) is 3.24 Å². The summed E-state index contributed by atoms with van der Waals surface area (Å²) in [5.41, 5.74) is 0. The van der Waals surface area contributed by atoms with Crippen molar-refractivity contribution in [1.29, 1.82) is 0 Å². The molecule has 0 heterocycles. The Morgan fingerprint density at radius 1 is 0.750 bits per heavy atom. The van der Waals surface area contributed by atoms with E-state index in [0.29, 0.717) is 0 Å². The minimum Gasteiger partial charge on any atom is -0.358 e. The van der Waals surface area contributed by atoms with E-state index in [2.05, 4.69) is 28.2 Å². The second-order valence-electron chi connectivity index (χ2n) is 4.02. The Kier molecular flexibility index (Phi) is 38.0. The first-order valence-corrected chi connectivity index (χ1v) is 3.13. The molecular weight excluding hydrogens is 302 g/mol. The van der Waals surface area contributed by atoms with Crippen molar-refractivity contribution in [2.45, 2.75) is 0 Å². The second kappa shape index (κ2) is 15.6. The fourth-order valence-corrected chi connectivity index (χ4v) is 0. The molecule has 0 saturated heterocycles. The van der Waals surface area contributed by atoms with E-state index in [9.17, 15) is 0 Å². The molecule has 0 aliphatic rings. The Labute approximate surface area is 130 Å². The molecule has 0 amide bonds. The molecule has 0 fully saturated rings. The molecule has 0 saturated carbocycles. The van der Waals surface area contributed by atoms with Crippen molar-refractivity contribution in [2.75, 3.05) is 49.3 Å². The molecule has 0 aliphatic heterocycles. The van der Waals surface area contributed by atoms with Gasteiger partial charge in [0.15, 0.2) is 0 Å². The van der Waals surface area contributed by atoms with Gasteiger partial charge >= 0.3 is 0 Å². The third kappa shape index (κ3) is 332. The Morgan fingerprint density at radius 3 is 0.750 bits per heavy atom. The maximum absolute atomic E-state index is 2.12. The van der Waals surface area contributed by atoms with Crippen LogP contribution in [0.15, 0.2) is 0 Å². The van der Waals surface area contributed by atoms with Gasteiger partial charge in [-0.2, -0.15) is 0 Å². The normalized spacial score (nSPS) is 8.00. The van der Waals surface area contributed by atoms with Gasteiger partial charge in [-0.3, -0.25) is 0 Å². The molecule has 0 rings (SSSR count). The molecule has 0 aromatic carbocycles. The van der Waals surface area contributed by atoms with Gasteiger partial charge in [-0.05, 0) is 21.1 Å². The monoisotopic (exact) mass is 326 g/mol. The van der Waals surface area contributed by atoms with Gasteiger partial charge < -0.3 is 16.8 Å². The zero-order valence-corrected chi connectivity index (χ0v) is 15.7. The zero-order chi connectivity index (χ0) is 8.08. The number of quaternary nitrogens is 1. The maximum atomic E-state index is 2.12. The van der Waals surface area contributed by atoms with Crippen molar-refractivity contribution in [2.24, 2.45) is 0 Å². The van der Waals surface area contributed by atoms with E-state index in [0.717, 1.165) is 4.48 Å². The smallest absolute Gasteiger partial charge is 0.0675 e. The number of hydrogen-bond donors (Lipinski definition) is 0. The second-order valence-corrected chi connectivity index (χ2v) is 4.02. The van der Waals surface area contributed by atoms with Gasteiger partial charge in [0.2, 0.25) is 0 Å². The van der Waals surface area contributed by atoms with Crippen LogP contribution in [0.5, 0.6) is 0 Å². The first-order chi connectivity index (χ1) is 3.73. The van der Waals surface area contributed by atoms with Gasteiger partial charge in [-0.1, -0.05) is 0 Å². The van der Waals surface area contributed by atoms with Crippen LogP contribution in [0.3, 0.4) is 0 Å². The standard InChI is InChI=1S/C4H12N.C3H9N.CH3.2Y/c1-5(2,3)4;1-4(2)3;;;/h1-4H3;1-3H3;1H3;;/q+1;;-1;;. The van der Waals surface area contributed by atoms with Crippen LogP contribution in [0.4, 0.5) is 0 Å². The van der Waals surface area contributed by atoms with Gasteiger partial charge in [0, 0.05) is 65.4 Å². The van der Waals surface area contributed by atoms with E-state index >= 15 is 0 Å². The molecule has 2 nitrogen and oxygen atoms in total. The van der Waals surface area contributed by atoms with Crippen molar-refractivity contribution in [1.82, 2.24) is 4.90 Å². The van der Waals surface area contributed by atoms with Gasteiger partial charge in [-0.15, -0.1) is 0 Å². The summed E-state index contributed by atoms with van der Waals surface area (Å²) in [7, 11) is 14.5. The van der Waals surface area contributed by atoms with Crippen LogP contribution in [-0.4, -0.2) is 58.7 Å². The first kappa shape index (κ1) is 29.2. The minimum absolute atomic E-state index is 0. The molecule has 0 unspecified atom stereocenters. The van der Waals surface area contributed by atoms with Crippen LogP contribution < -0.4 is 0 Å². The predicted octanol–water partition coefficient (Wildman–Crippen LogP) is 0.945. The fraction of sp³-hybridized carbons (Fsp3) is 0.875. The minimum atomic E-state index is 0. The third-order valence-corrected chi connectivity index (χ3v) is 0. The number of nitrogens with zero attached hydrogens (tertiary/aromatic N) is 2.